The lowest BCUT2D eigenvalue weighted by molar-refractivity contribution is -0.137. The third-order valence-corrected chi connectivity index (χ3v) is 3.80. The largest absolute Gasteiger partial charge is 0.416 e. The highest BCUT2D eigenvalue weighted by Gasteiger charge is 2.30. The topological polar surface area (TPSA) is 12.0 Å². The third kappa shape index (κ3) is 5.07. The standard InChI is InChI=1S/C14H20F3NS/c1-4-13(9-19-3)18-10(2)11-6-5-7-12(8-11)14(15,16)17/h5-8,10,13,18H,4,9H2,1-3H3. The Balaban J connectivity index is 2.79. The van der Waals surface area contributed by atoms with Crippen molar-refractivity contribution in [2.24, 2.45) is 0 Å². The summed E-state index contributed by atoms with van der Waals surface area (Å²) in [6.45, 7) is 3.98. The van der Waals surface area contributed by atoms with E-state index in [-0.39, 0.29) is 6.04 Å². The molecular weight excluding hydrogens is 271 g/mol. The van der Waals surface area contributed by atoms with Crippen molar-refractivity contribution < 1.29 is 13.2 Å². The highest BCUT2D eigenvalue weighted by Crippen LogP contribution is 2.30. The predicted molar refractivity (Wildman–Crippen MR) is 75.5 cm³/mol. The Kier molecular flexibility index (Phi) is 6.20. The minimum atomic E-state index is -4.28. The van der Waals surface area contributed by atoms with Gasteiger partial charge in [0.25, 0.3) is 0 Å². The zero-order valence-electron chi connectivity index (χ0n) is 11.4. The van der Waals surface area contributed by atoms with E-state index >= 15 is 0 Å². The van der Waals surface area contributed by atoms with Gasteiger partial charge in [-0.15, -0.1) is 0 Å². The SMILES string of the molecule is CCC(CSC)NC(C)c1cccc(C(F)(F)F)c1. The maximum Gasteiger partial charge on any atom is 0.416 e. The maximum absolute atomic E-state index is 12.7. The van der Waals surface area contributed by atoms with E-state index in [0.717, 1.165) is 18.2 Å². The van der Waals surface area contributed by atoms with Gasteiger partial charge < -0.3 is 5.32 Å². The van der Waals surface area contributed by atoms with Crippen LogP contribution in [-0.2, 0) is 6.18 Å². The molecule has 0 bridgehead atoms. The molecule has 0 spiro atoms. The summed E-state index contributed by atoms with van der Waals surface area (Å²) in [4.78, 5) is 0. The summed E-state index contributed by atoms with van der Waals surface area (Å²) >= 11 is 1.74. The number of alkyl halides is 3. The first-order chi connectivity index (χ1) is 8.88. The van der Waals surface area contributed by atoms with E-state index in [2.05, 4.69) is 12.2 Å². The molecule has 2 atom stereocenters. The van der Waals surface area contributed by atoms with E-state index in [1.54, 1.807) is 17.8 Å². The van der Waals surface area contributed by atoms with E-state index in [9.17, 15) is 13.2 Å². The number of hydrogen-bond acceptors (Lipinski definition) is 2. The van der Waals surface area contributed by atoms with Crippen molar-refractivity contribution in [3.8, 4) is 0 Å². The smallest absolute Gasteiger partial charge is 0.307 e. The van der Waals surface area contributed by atoms with Crippen molar-refractivity contribution in [3.63, 3.8) is 0 Å². The summed E-state index contributed by atoms with van der Waals surface area (Å²) in [6.07, 6.45) is -1.29. The van der Waals surface area contributed by atoms with Gasteiger partial charge in [-0.25, -0.2) is 0 Å². The number of benzene rings is 1. The minimum Gasteiger partial charge on any atom is -0.307 e. The molecule has 0 amide bonds. The molecule has 0 fully saturated rings. The van der Waals surface area contributed by atoms with Crippen molar-refractivity contribution >= 4 is 11.8 Å². The summed E-state index contributed by atoms with van der Waals surface area (Å²) in [5.74, 6) is 0.958. The molecular formula is C14H20F3NS. The van der Waals surface area contributed by atoms with Gasteiger partial charge in [-0.1, -0.05) is 19.1 Å². The highest BCUT2D eigenvalue weighted by molar-refractivity contribution is 7.98. The van der Waals surface area contributed by atoms with Crippen molar-refractivity contribution in [1.29, 1.82) is 0 Å². The molecule has 19 heavy (non-hydrogen) atoms. The monoisotopic (exact) mass is 291 g/mol. The number of thioether (sulfide) groups is 1. The Bertz CT molecular complexity index is 393. The van der Waals surface area contributed by atoms with E-state index in [0.29, 0.717) is 11.6 Å². The van der Waals surface area contributed by atoms with E-state index in [1.165, 1.54) is 12.1 Å². The molecule has 0 aliphatic rings. The molecule has 0 aliphatic heterocycles. The average molecular weight is 291 g/mol. The molecule has 1 aromatic rings. The molecule has 0 aliphatic carbocycles. The molecule has 0 saturated carbocycles. The Morgan fingerprint density at radius 3 is 2.53 bits per heavy atom. The van der Waals surface area contributed by atoms with Gasteiger partial charge >= 0.3 is 6.18 Å². The van der Waals surface area contributed by atoms with Gasteiger partial charge in [0.05, 0.1) is 5.56 Å². The van der Waals surface area contributed by atoms with Crippen LogP contribution in [0, 0.1) is 0 Å². The second-order valence-electron chi connectivity index (χ2n) is 4.57. The molecule has 5 heteroatoms. The van der Waals surface area contributed by atoms with Crippen molar-refractivity contribution in [2.45, 2.75) is 38.5 Å². The first kappa shape index (κ1) is 16.4. The molecule has 108 valence electrons. The second-order valence-corrected chi connectivity index (χ2v) is 5.48. The van der Waals surface area contributed by atoms with Crippen LogP contribution >= 0.6 is 11.8 Å². The zero-order valence-corrected chi connectivity index (χ0v) is 12.2. The van der Waals surface area contributed by atoms with Gasteiger partial charge in [0.15, 0.2) is 0 Å². The van der Waals surface area contributed by atoms with Crippen molar-refractivity contribution in [1.82, 2.24) is 5.32 Å². The lowest BCUT2D eigenvalue weighted by atomic mass is 10.0. The van der Waals surface area contributed by atoms with Gasteiger partial charge in [-0.3, -0.25) is 0 Å². The fourth-order valence-electron chi connectivity index (χ4n) is 1.92. The summed E-state index contributed by atoms with van der Waals surface area (Å²) in [5, 5.41) is 3.37. The van der Waals surface area contributed by atoms with E-state index in [1.807, 2.05) is 13.2 Å². The summed E-state index contributed by atoms with van der Waals surface area (Å²) in [6, 6.07) is 5.77. The summed E-state index contributed by atoms with van der Waals surface area (Å²) in [7, 11) is 0. The number of halogens is 3. The highest BCUT2D eigenvalue weighted by atomic mass is 32.2. The Morgan fingerprint density at radius 1 is 1.32 bits per heavy atom. The number of hydrogen-bond donors (Lipinski definition) is 1. The molecule has 0 radical (unpaired) electrons. The third-order valence-electron chi connectivity index (χ3n) is 3.06. The van der Waals surface area contributed by atoms with Crippen LogP contribution in [0.2, 0.25) is 0 Å². The summed E-state index contributed by atoms with van der Waals surface area (Å²) in [5.41, 5.74) is 0.0888. The van der Waals surface area contributed by atoms with Gasteiger partial charge in [0.2, 0.25) is 0 Å². The van der Waals surface area contributed by atoms with Crippen LogP contribution in [-0.4, -0.2) is 18.1 Å². The molecule has 1 aromatic carbocycles. The molecule has 0 aromatic heterocycles. The first-order valence-electron chi connectivity index (χ1n) is 6.30. The van der Waals surface area contributed by atoms with Crippen molar-refractivity contribution in [3.05, 3.63) is 35.4 Å². The maximum atomic E-state index is 12.7. The quantitative estimate of drug-likeness (QED) is 0.828. The van der Waals surface area contributed by atoms with Gasteiger partial charge in [-0.05, 0) is 37.3 Å². The van der Waals surface area contributed by atoms with Crippen LogP contribution in [0.3, 0.4) is 0 Å². The average Bonchev–Trinajstić information content (AvgIpc) is 2.37. The normalized spacial score (nSPS) is 15.3. The number of nitrogens with one attached hydrogen (secondary N) is 1. The molecule has 1 nitrogen and oxygen atoms in total. The molecule has 1 rings (SSSR count). The lowest BCUT2D eigenvalue weighted by Gasteiger charge is -2.22. The summed E-state index contributed by atoms with van der Waals surface area (Å²) < 4.78 is 38.0. The van der Waals surface area contributed by atoms with Crippen molar-refractivity contribution in [2.75, 3.05) is 12.0 Å². The van der Waals surface area contributed by atoms with Crippen LogP contribution in [0.25, 0.3) is 0 Å². The lowest BCUT2D eigenvalue weighted by Crippen LogP contribution is -2.33. The molecule has 0 saturated heterocycles. The zero-order chi connectivity index (χ0) is 14.5. The fraction of sp³-hybridized carbons (Fsp3) is 0.571. The molecule has 0 heterocycles. The predicted octanol–water partition coefficient (Wildman–Crippen LogP) is 4.50. The van der Waals surface area contributed by atoms with Crippen LogP contribution in [0.1, 0.15) is 37.4 Å². The Hall–Kier alpha value is -0.680. The van der Waals surface area contributed by atoms with Gasteiger partial charge in [0, 0.05) is 17.8 Å². The fourth-order valence-corrected chi connectivity index (χ4v) is 2.65. The van der Waals surface area contributed by atoms with Gasteiger partial charge in [0.1, 0.15) is 0 Å². The second kappa shape index (κ2) is 7.20. The molecule has 2 unspecified atom stereocenters. The van der Waals surface area contributed by atoms with Crippen LogP contribution in [0.4, 0.5) is 13.2 Å². The van der Waals surface area contributed by atoms with Crippen LogP contribution < -0.4 is 5.32 Å². The van der Waals surface area contributed by atoms with E-state index < -0.39 is 11.7 Å². The number of rotatable bonds is 6. The van der Waals surface area contributed by atoms with Gasteiger partial charge in [-0.2, -0.15) is 24.9 Å². The minimum absolute atomic E-state index is 0.0839. The van der Waals surface area contributed by atoms with E-state index in [4.69, 9.17) is 0 Å². The Morgan fingerprint density at radius 2 is 2.00 bits per heavy atom. The van der Waals surface area contributed by atoms with Crippen LogP contribution in [0.5, 0.6) is 0 Å². The first-order valence-corrected chi connectivity index (χ1v) is 7.70. The van der Waals surface area contributed by atoms with Crippen LogP contribution in [0.15, 0.2) is 24.3 Å². The Labute approximate surface area is 117 Å². The molecule has 1 N–H and O–H groups in total.